The van der Waals surface area contributed by atoms with Gasteiger partial charge in [0.05, 0.1) is 0 Å². The molecule has 0 aromatic carbocycles. The van der Waals surface area contributed by atoms with Gasteiger partial charge in [-0.05, 0) is 0 Å². The molecule has 0 saturated carbocycles. The zero-order valence-corrected chi connectivity index (χ0v) is 18.4. The van der Waals surface area contributed by atoms with Crippen LogP contribution in [0.25, 0.3) is 0 Å². The van der Waals surface area contributed by atoms with Gasteiger partial charge in [-0.1, -0.05) is 0 Å². The van der Waals surface area contributed by atoms with Crippen LogP contribution in [0.1, 0.15) is 0 Å². The molecule has 0 aliphatic heterocycles. The number of rotatable bonds is 3. The summed E-state index contributed by atoms with van der Waals surface area (Å²) in [5.41, 5.74) is 0. The van der Waals surface area contributed by atoms with Crippen molar-refractivity contribution in [3.05, 3.63) is 0 Å². The maximum Gasteiger partial charge on any atom is 1.00 e. The van der Waals surface area contributed by atoms with Gasteiger partial charge in [-0.25, -0.2) is 0 Å². The van der Waals surface area contributed by atoms with Crippen molar-refractivity contribution in [2.24, 2.45) is 0 Å². The Bertz CT molecular complexity index is 168. The van der Waals surface area contributed by atoms with Gasteiger partial charge < -0.3 is 24.1 Å². The van der Waals surface area contributed by atoms with Gasteiger partial charge in [0.2, 0.25) is 0 Å². The molecule has 0 heterocycles. The van der Waals surface area contributed by atoms with Gasteiger partial charge in [-0.15, -0.1) is 0 Å². The molecule has 0 fully saturated rings. The molecule has 0 bridgehead atoms. The third kappa shape index (κ3) is 26.7. The van der Waals surface area contributed by atoms with E-state index in [1.807, 2.05) is 0 Å². The second-order valence-electron chi connectivity index (χ2n) is 1.06. The first-order valence-electron chi connectivity index (χ1n) is 1.64. The van der Waals surface area contributed by atoms with E-state index in [9.17, 15) is 23.8 Å². The molecule has 0 saturated heterocycles. The van der Waals surface area contributed by atoms with Crippen LogP contribution < -0.4 is 169 Å². The molecular formula is HK3O8P2. The molecule has 1 unspecified atom stereocenters. The van der Waals surface area contributed by atoms with Crippen molar-refractivity contribution in [1.82, 2.24) is 0 Å². The quantitative estimate of drug-likeness (QED) is 0.234. The maximum absolute atomic E-state index is 9.52. The number of phosphoric acid groups is 2. The summed E-state index contributed by atoms with van der Waals surface area (Å²) in [6.45, 7) is 0. The average molecular weight is 308 g/mol. The van der Waals surface area contributed by atoms with Crippen LogP contribution in [0, 0.1) is 0 Å². The Morgan fingerprint density at radius 2 is 1.23 bits per heavy atom. The molecule has 62 valence electrons. The summed E-state index contributed by atoms with van der Waals surface area (Å²) in [5, 5.41) is 0. The van der Waals surface area contributed by atoms with E-state index in [0.717, 1.165) is 0 Å². The number of hydrogen-bond acceptors (Lipinski definition) is 7. The van der Waals surface area contributed by atoms with Gasteiger partial charge in [0, 0.05) is 0 Å². The van der Waals surface area contributed by atoms with Crippen molar-refractivity contribution in [3.8, 4) is 0 Å². The Morgan fingerprint density at radius 1 is 0.923 bits per heavy atom. The van der Waals surface area contributed by atoms with E-state index in [1.165, 1.54) is 0 Å². The van der Waals surface area contributed by atoms with Crippen LogP contribution in [0.15, 0.2) is 0 Å². The van der Waals surface area contributed by atoms with Crippen molar-refractivity contribution in [2.75, 3.05) is 0 Å². The third-order valence-electron chi connectivity index (χ3n) is 0.219. The molecule has 13 heavy (non-hydrogen) atoms. The second-order valence-corrected chi connectivity index (χ2v) is 3.19. The molecule has 0 aromatic heterocycles. The van der Waals surface area contributed by atoms with Crippen molar-refractivity contribution < 1.29 is 192 Å². The van der Waals surface area contributed by atoms with Gasteiger partial charge in [-0.2, -0.15) is 9.35 Å². The maximum atomic E-state index is 9.52. The molecule has 0 rings (SSSR count). The van der Waals surface area contributed by atoms with Crippen LogP contribution in [0.3, 0.4) is 0 Å². The molecule has 8 nitrogen and oxygen atoms in total. The van der Waals surface area contributed by atoms with Crippen LogP contribution in [0.4, 0.5) is 0 Å². The SMILES string of the molecule is O=P([O-])([O-])OOP(=O)([O-])O.[K+].[K+].[K+]. The van der Waals surface area contributed by atoms with E-state index in [-0.39, 0.29) is 154 Å². The third-order valence-corrected chi connectivity index (χ3v) is 0.856. The predicted molar refractivity (Wildman–Crippen MR) is 19.6 cm³/mol. The molecule has 0 radical (unpaired) electrons. The smallest absolute Gasteiger partial charge is 0.788 e. The van der Waals surface area contributed by atoms with Crippen LogP contribution in [-0.2, 0) is 18.5 Å². The Balaban J connectivity index is -0.000000135. The summed E-state index contributed by atoms with van der Waals surface area (Å²) in [6, 6.07) is 0. The van der Waals surface area contributed by atoms with Crippen LogP contribution in [0.5, 0.6) is 0 Å². The van der Waals surface area contributed by atoms with Crippen molar-refractivity contribution in [2.45, 2.75) is 0 Å². The number of hydrogen-bond donors (Lipinski definition) is 1. The molecule has 0 aliphatic rings. The summed E-state index contributed by atoms with van der Waals surface area (Å²) in [7, 11) is -10.8. The van der Waals surface area contributed by atoms with Crippen molar-refractivity contribution >= 4 is 15.6 Å². The summed E-state index contributed by atoms with van der Waals surface area (Å²) in [5.74, 6) is 0. The first-order chi connectivity index (χ1) is 4.21. The minimum Gasteiger partial charge on any atom is -0.788 e. The fourth-order valence-electron chi connectivity index (χ4n) is 0.0829. The molecule has 1 N–H and O–H groups in total. The topological polar surface area (TPSA) is 142 Å². The summed E-state index contributed by atoms with van der Waals surface area (Å²) in [4.78, 5) is 36.0. The first kappa shape index (κ1) is 26.6. The Labute approximate surface area is 202 Å². The van der Waals surface area contributed by atoms with Gasteiger partial charge in [0.15, 0.2) is 0 Å². The summed E-state index contributed by atoms with van der Waals surface area (Å²) >= 11 is 0. The molecule has 0 amide bonds. The van der Waals surface area contributed by atoms with E-state index in [1.54, 1.807) is 0 Å². The Morgan fingerprint density at radius 3 is 1.31 bits per heavy atom. The average Bonchev–Trinajstić information content (AvgIpc) is 1.57. The second kappa shape index (κ2) is 12.2. The molecule has 13 heteroatoms. The van der Waals surface area contributed by atoms with E-state index in [4.69, 9.17) is 4.89 Å². The van der Waals surface area contributed by atoms with Gasteiger partial charge in [0.25, 0.3) is 7.82 Å². The molecule has 1 atom stereocenters. The largest absolute Gasteiger partial charge is 1.00 e. The van der Waals surface area contributed by atoms with Crippen LogP contribution in [-0.4, -0.2) is 4.89 Å². The standard InChI is InChI=1S/3K.H4O8P2/c;;;1-9(2,3)7-8-10(4,5)6/h;;;(H2,1,2,3)(H2,4,5,6)/q3*+1;/p-3. The zero-order valence-electron chi connectivity index (χ0n) is 7.20. The van der Waals surface area contributed by atoms with E-state index >= 15 is 0 Å². The van der Waals surface area contributed by atoms with Crippen molar-refractivity contribution in [1.29, 1.82) is 0 Å². The fourth-order valence-corrected chi connectivity index (χ4v) is 0.747. The summed E-state index contributed by atoms with van der Waals surface area (Å²) < 4.78 is 24.4. The zero-order chi connectivity index (χ0) is 8.41. The molecule has 0 aromatic rings. The molecule has 0 spiro atoms. The van der Waals surface area contributed by atoms with Crippen molar-refractivity contribution in [3.63, 3.8) is 0 Å². The minimum atomic E-state index is -5.52. The predicted octanol–water partition coefficient (Wildman–Crippen LogP) is -11.8. The van der Waals surface area contributed by atoms with E-state index in [2.05, 4.69) is 9.35 Å². The monoisotopic (exact) mass is 308 g/mol. The summed E-state index contributed by atoms with van der Waals surface area (Å²) in [6.07, 6.45) is 0. The molecular weight excluding hydrogens is 307 g/mol. The van der Waals surface area contributed by atoms with Gasteiger partial charge in [-0.3, -0.25) is 4.57 Å². The van der Waals surface area contributed by atoms with Gasteiger partial charge in [0.1, 0.15) is 7.82 Å². The van der Waals surface area contributed by atoms with E-state index < -0.39 is 15.6 Å². The normalized spacial score (nSPS) is 14.2. The molecule has 0 aliphatic carbocycles. The minimum absolute atomic E-state index is 0. The van der Waals surface area contributed by atoms with Crippen LogP contribution >= 0.6 is 15.6 Å². The Hall–Kier alpha value is 5.13. The van der Waals surface area contributed by atoms with E-state index in [0.29, 0.717) is 0 Å². The fraction of sp³-hybridized carbons (Fsp3) is 0. The first-order valence-corrected chi connectivity index (χ1v) is 4.60. The van der Waals surface area contributed by atoms with Gasteiger partial charge >= 0.3 is 154 Å². The Kier molecular flexibility index (Phi) is 25.0. The van der Waals surface area contributed by atoms with Crippen LogP contribution in [0.2, 0.25) is 0 Å².